The molecule has 0 amide bonds. The van der Waals surface area contributed by atoms with Gasteiger partial charge in [0.25, 0.3) is 0 Å². The van der Waals surface area contributed by atoms with Gasteiger partial charge >= 0.3 is 0 Å². The molecule has 0 fully saturated rings. The lowest BCUT2D eigenvalue weighted by atomic mass is 10.3. The van der Waals surface area contributed by atoms with E-state index < -0.39 is 0 Å². The second-order valence-electron chi connectivity index (χ2n) is 1.87. The molecule has 1 nitrogen and oxygen atoms in total. The highest BCUT2D eigenvalue weighted by Crippen LogP contribution is 2.20. The Labute approximate surface area is 65.2 Å². The van der Waals surface area contributed by atoms with Crippen LogP contribution in [0.1, 0.15) is 5.56 Å². The lowest BCUT2D eigenvalue weighted by Gasteiger charge is -1.98. The summed E-state index contributed by atoms with van der Waals surface area (Å²) in [7, 11) is 0. The number of hydrogen-bond donors (Lipinski definition) is 0. The number of aromatic nitrogens is 1. The van der Waals surface area contributed by atoms with Crippen LogP contribution in [0.2, 0.25) is 0 Å². The van der Waals surface area contributed by atoms with Gasteiger partial charge in [0.15, 0.2) is 0 Å². The first-order chi connectivity index (χ1) is 4.84. The molecule has 0 saturated carbocycles. The average Bonchev–Trinajstić information content (AvgIpc) is 2.05. The molecule has 10 heavy (non-hydrogen) atoms. The average molecular weight is 151 g/mol. The van der Waals surface area contributed by atoms with E-state index in [1.54, 1.807) is 18.0 Å². The van der Waals surface area contributed by atoms with Crippen molar-refractivity contribution in [1.82, 2.24) is 4.98 Å². The van der Waals surface area contributed by atoms with Crippen LogP contribution < -0.4 is 0 Å². The third-order valence-corrected chi connectivity index (χ3v) is 1.96. The van der Waals surface area contributed by atoms with Crippen molar-refractivity contribution in [3.63, 3.8) is 0 Å². The minimum Gasteiger partial charge on any atom is -0.264 e. The summed E-state index contributed by atoms with van der Waals surface area (Å²) in [5.74, 6) is 0. The molecule has 0 N–H and O–H groups in total. The summed E-state index contributed by atoms with van der Waals surface area (Å²) in [6.45, 7) is 3.87. The maximum absolute atomic E-state index is 3.98. The standard InChI is InChI=1S/C8H9NS/c1-7(10-2)8-4-3-5-9-6-8/h3-6H,1H2,2H3. The summed E-state index contributed by atoms with van der Waals surface area (Å²) in [6, 6.07) is 3.92. The fourth-order valence-electron chi connectivity index (χ4n) is 0.646. The monoisotopic (exact) mass is 151 g/mol. The first-order valence-corrected chi connectivity index (χ1v) is 4.20. The van der Waals surface area contributed by atoms with Crippen molar-refractivity contribution in [2.45, 2.75) is 0 Å². The maximum atomic E-state index is 3.98. The Bertz CT molecular complexity index is 218. The van der Waals surface area contributed by atoms with Crippen LogP contribution in [0.5, 0.6) is 0 Å². The normalized spacial score (nSPS) is 9.30. The molecular weight excluding hydrogens is 142 g/mol. The Morgan fingerprint density at radius 3 is 3.00 bits per heavy atom. The van der Waals surface area contributed by atoms with Crippen LogP contribution in [0.4, 0.5) is 0 Å². The van der Waals surface area contributed by atoms with Gasteiger partial charge < -0.3 is 0 Å². The van der Waals surface area contributed by atoms with Gasteiger partial charge in [-0.15, -0.1) is 11.8 Å². The van der Waals surface area contributed by atoms with E-state index in [0.29, 0.717) is 0 Å². The van der Waals surface area contributed by atoms with Gasteiger partial charge in [0, 0.05) is 22.9 Å². The molecule has 0 bridgehead atoms. The van der Waals surface area contributed by atoms with Crippen molar-refractivity contribution in [2.24, 2.45) is 0 Å². The Morgan fingerprint density at radius 2 is 2.50 bits per heavy atom. The van der Waals surface area contributed by atoms with E-state index in [2.05, 4.69) is 11.6 Å². The molecule has 0 aliphatic rings. The zero-order valence-corrected chi connectivity index (χ0v) is 6.69. The van der Waals surface area contributed by atoms with E-state index in [1.807, 2.05) is 24.6 Å². The largest absolute Gasteiger partial charge is 0.264 e. The lowest BCUT2D eigenvalue weighted by molar-refractivity contribution is 1.32. The van der Waals surface area contributed by atoms with E-state index in [0.717, 1.165) is 10.5 Å². The Hall–Kier alpha value is -0.760. The van der Waals surface area contributed by atoms with Crippen molar-refractivity contribution in [1.29, 1.82) is 0 Å². The topological polar surface area (TPSA) is 12.9 Å². The van der Waals surface area contributed by atoms with Crippen LogP contribution in [0, 0.1) is 0 Å². The summed E-state index contributed by atoms with van der Waals surface area (Å²) in [5, 5.41) is 0. The fourth-order valence-corrected chi connectivity index (χ4v) is 1.00. The minimum absolute atomic E-state index is 1.06. The molecule has 1 aromatic rings. The predicted octanol–water partition coefficient (Wildman–Crippen LogP) is 2.42. The molecule has 0 aliphatic heterocycles. The molecular formula is C8H9NS. The molecule has 0 spiro atoms. The Morgan fingerprint density at radius 1 is 1.70 bits per heavy atom. The molecule has 0 radical (unpaired) electrons. The zero-order valence-electron chi connectivity index (χ0n) is 5.87. The fraction of sp³-hybridized carbons (Fsp3) is 0.125. The minimum atomic E-state index is 1.06. The summed E-state index contributed by atoms with van der Waals surface area (Å²) in [6.07, 6.45) is 5.59. The molecule has 0 saturated heterocycles. The van der Waals surface area contributed by atoms with Crippen molar-refractivity contribution >= 4 is 16.7 Å². The molecule has 1 heterocycles. The van der Waals surface area contributed by atoms with E-state index in [-0.39, 0.29) is 0 Å². The highest BCUT2D eigenvalue weighted by Gasteiger charge is 1.93. The van der Waals surface area contributed by atoms with Crippen molar-refractivity contribution < 1.29 is 0 Å². The van der Waals surface area contributed by atoms with Crippen LogP contribution in [0.15, 0.2) is 31.1 Å². The van der Waals surface area contributed by atoms with Gasteiger partial charge in [0.05, 0.1) is 0 Å². The van der Waals surface area contributed by atoms with Gasteiger partial charge in [0.1, 0.15) is 0 Å². The van der Waals surface area contributed by atoms with Crippen LogP contribution in [-0.4, -0.2) is 11.2 Å². The molecule has 0 unspecified atom stereocenters. The highest BCUT2D eigenvalue weighted by atomic mass is 32.2. The van der Waals surface area contributed by atoms with E-state index in [1.165, 1.54) is 0 Å². The van der Waals surface area contributed by atoms with Crippen molar-refractivity contribution in [3.05, 3.63) is 36.7 Å². The highest BCUT2D eigenvalue weighted by molar-refractivity contribution is 8.07. The Balaban J connectivity index is 2.85. The summed E-state index contributed by atoms with van der Waals surface area (Å²) >= 11 is 1.64. The number of pyridine rings is 1. The van der Waals surface area contributed by atoms with E-state index in [4.69, 9.17) is 0 Å². The van der Waals surface area contributed by atoms with Gasteiger partial charge in [-0.3, -0.25) is 4.98 Å². The van der Waals surface area contributed by atoms with Crippen LogP contribution in [-0.2, 0) is 0 Å². The van der Waals surface area contributed by atoms with Gasteiger partial charge in [0.2, 0.25) is 0 Å². The molecule has 1 aromatic heterocycles. The maximum Gasteiger partial charge on any atom is 0.0351 e. The molecule has 0 atom stereocenters. The van der Waals surface area contributed by atoms with Crippen LogP contribution in [0.25, 0.3) is 4.91 Å². The number of hydrogen-bond acceptors (Lipinski definition) is 2. The van der Waals surface area contributed by atoms with E-state index >= 15 is 0 Å². The SMILES string of the molecule is C=C(SC)c1cccnc1. The first kappa shape index (κ1) is 7.35. The molecule has 0 aromatic carbocycles. The van der Waals surface area contributed by atoms with Crippen molar-refractivity contribution in [2.75, 3.05) is 6.26 Å². The summed E-state index contributed by atoms with van der Waals surface area (Å²) < 4.78 is 0. The smallest absolute Gasteiger partial charge is 0.0351 e. The second kappa shape index (κ2) is 3.42. The van der Waals surface area contributed by atoms with Crippen LogP contribution in [0.3, 0.4) is 0 Å². The summed E-state index contributed by atoms with van der Waals surface area (Å²) in [5.41, 5.74) is 1.11. The molecule has 52 valence electrons. The van der Waals surface area contributed by atoms with Crippen LogP contribution >= 0.6 is 11.8 Å². The van der Waals surface area contributed by atoms with Gasteiger partial charge in [-0.05, 0) is 12.3 Å². The van der Waals surface area contributed by atoms with E-state index in [9.17, 15) is 0 Å². The van der Waals surface area contributed by atoms with Gasteiger partial charge in [-0.25, -0.2) is 0 Å². The Kier molecular flexibility index (Phi) is 2.51. The number of rotatable bonds is 2. The van der Waals surface area contributed by atoms with Gasteiger partial charge in [-0.1, -0.05) is 12.6 Å². The lowest BCUT2D eigenvalue weighted by Crippen LogP contribution is -1.77. The third kappa shape index (κ3) is 1.61. The zero-order chi connectivity index (χ0) is 7.40. The van der Waals surface area contributed by atoms with Crippen molar-refractivity contribution in [3.8, 4) is 0 Å². The third-order valence-electron chi connectivity index (χ3n) is 1.23. The second-order valence-corrected chi connectivity index (χ2v) is 2.77. The first-order valence-electron chi connectivity index (χ1n) is 2.98. The quantitative estimate of drug-likeness (QED) is 0.643. The number of nitrogens with zero attached hydrogens (tertiary/aromatic N) is 1. The van der Waals surface area contributed by atoms with Gasteiger partial charge in [-0.2, -0.15) is 0 Å². The molecule has 0 aliphatic carbocycles. The summed E-state index contributed by atoms with van der Waals surface area (Å²) in [4.78, 5) is 5.04. The number of thioether (sulfide) groups is 1. The molecule has 2 heteroatoms. The predicted molar refractivity (Wildman–Crippen MR) is 46.8 cm³/mol. The molecule has 1 rings (SSSR count).